The number of benzene rings is 2. The average Bonchev–Trinajstić information content (AvgIpc) is 2.54. The third-order valence-electron chi connectivity index (χ3n) is 3.63. The van der Waals surface area contributed by atoms with Gasteiger partial charge in [-0.15, -0.1) is 0 Å². The summed E-state index contributed by atoms with van der Waals surface area (Å²) in [7, 11) is 0. The first-order chi connectivity index (χ1) is 11.0. The molecule has 0 aliphatic carbocycles. The highest BCUT2D eigenvalue weighted by molar-refractivity contribution is 6.09. The van der Waals surface area contributed by atoms with Crippen LogP contribution < -0.4 is 15.5 Å². The number of hydrogen-bond donors (Lipinski definition) is 2. The lowest BCUT2D eigenvalue weighted by molar-refractivity contribution is -0.122. The van der Waals surface area contributed by atoms with Crippen molar-refractivity contribution in [2.45, 2.75) is 13.0 Å². The number of rotatable bonds is 3. The minimum absolute atomic E-state index is 0.0980. The molecule has 0 bridgehead atoms. The molecule has 2 aromatic carbocycles. The van der Waals surface area contributed by atoms with E-state index in [4.69, 9.17) is 0 Å². The standard InChI is InChI=1S/C17H16FN3O2/c1-11-17(23)21(15-5-3-2-4-14(15)19-11)10-16(22)20-13-8-6-12(18)7-9-13/h2-9,11,19H,10H2,1H3,(H,20,22). The van der Waals surface area contributed by atoms with Gasteiger partial charge in [0.1, 0.15) is 18.4 Å². The summed E-state index contributed by atoms with van der Waals surface area (Å²) in [5.41, 5.74) is 1.97. The Morgan fingerprint density at radius 1 is 1.22 bits per heavy atom. The molecule has 0 spiro atoms. The van der Waals surface area contributed by atoms with Crippen molar-refractivity contribution in [1.82, 2.24) is 0 Å². The van der Waals surface area contributed by atoms with E-state index in [0.29, 0.717) is 11.4 Å². The first kappa shape index (κ1) is 15.0. The summed E-state index contributed by atoms with van der Waals surface area (Å²) in [5.74, 6) is -0.880. The number of amides is 2. The van der Waals surface area contributed by atoms with Crippen LogP contribution in [0, 0.1) is 5.82 Å². The smallest absolute Gasteiger partial charge is 0.249 e. The monoisotopic (exact) mass is 313 g/mol. The number of halogens is 1. The van der Waals surface area contributed by atoms with Crippen LogP contribution in [-0.4, -0.2) is 24.4 Å². The summed E-state index contributed by atoms with van der Waals surface area (Å²) in [5, 5.41) is 5.77. The normalized spacial score (nSPS) is 16.5. The number of anilines is 3. The second kappa shape index (κ2) is 6.08. The van der Waals surface area contributed by atoms with Crippen molar-refractivity contribution in [3.8, 4) is 0 Å². The summed E-state index contributed by atoms with van der Waals surface area (Å²) >= 11 is 0. The lowest BCUT2D eigenvalue weighted by atomic mass is 10.1. The Kier molecular flexibility index (Phi) is 3.97. The van der Waals surface area contributed by atoms with Gasteiger partial charge >= 0.3 is 0 Å². The van der Waals surface area contributed by atoms with Gasteiger partial charge in [0, 0.05) is 5.69 Å². The maximum absolute atomic E-state index is 12.9. The molecule has 0 saturated heterocycles. The first-order valence-corrected chi connectivity index (χ1v) is 7.27. The molecule has 1 aliphatic rings. The Morgan fingerprint density at radius 3 is 2.65 bits per heavy atom. The van der Waals surface area contributed by atoms with Crippen LogP contribution in [0.1, 0.15) is 6.92 Å². The SMILES string of the molecule is CC1Nc2ccccc2N(CC(=O)Nc2ccc(F)cc2)C1=O. The van der Waals surface area contributed by atoms with Crippen LogP contribution in [0.3, 0.4) is 0 Å². The van der Waals surface area contributed by atoms with Gasteiger partial charge in [-0.3, -0.25) is 14.5 Å². The molecule has 118 valence electrons. The molecular formula is C17H16FN3O2. The van der Waals surface area contributed by atoms with Crippen LogP contribution in [0.2, 0.25) is 0 Å². The lowest BCUT2D eigenvalue weighted by Crippen LogP contribution is -2.48. The number of nitrogens with zero attached hydrogens (tertiary/aromatic N) is 1. The van der Waals surface area contributed by atoms with E-state index in [1.54, 1.807) is 13.0 Å². The van der Waals surface area contributed by atoms with Crippen LogP contribution in [0.5, 0.6) is 0 Å². The zero-order chi connectivity index (χ0) is 16.4. The van der Waals surface area contributed by atoms with E-state index in [-0.39, 0.29) is 24.2 Å². The van der Waals surface area contributed by atoms with Gasteiger partial charge in [-0.2, -0.15) is 0 Å². The molecular weight excluding hydrogens is 297 g/mol. The highest BCUT2D eigenvalue weighted by Crippen LogP contribution is 2.30. The molecule has 5 nitrogen and oxygen atoms in total. The van der Waals surface area contributed by atoms with Crippen LogP contribution in [0.25, 0.3) is 0 Å². The summed E-state index contributed by atoms with van der Waals surface area (Å²) in [6.07, 6.45) is 0. The molecule has 1 aliphatic heterocycles. The highest BCUT2D eigenvalue weighted by atomic mass is 19.1. The van der Waals surface area contributed by atoms with Crippen LogP contribution in [0.4, 0.5) is 21.5 Å². The molecule has 3 rings (SSSR count). The largest absolute Gasteiger partial charge is 0.372 e. The Balaban J connectivity index is 1.77. The summed E-state index contributed by atoms with van der Waals surface area (Å²) in [6, 6.07) is 12.4. The van der Waals surface area contributed by atoms with Crippen LogP contribution in [-0.2, 0) is 9.59 Å². The van der Waals surface area contributed by atoms with Gasteiger partial charge in [-0.1, -0.05) is 12.1 Å². The van der Waals surface area contributed by atoms with Crippen molar-refractivity contribution in [1.29, 1.82) is 0 Å². The van der Waals surface area contributed by atoms with E-state index in [9.17, 15) is 14.0 Å². The number of para-hydroxylation sites is 2. The van der Waals surface area contributed by atoms with E-state index in [0.717, 1.165) is 5.69 Å². The van der Waals surface area contributed by atoms with Crippen molar-refractivity contribution in [2.24, 2.45) is 0 Å². The highest BCUT2D eigenvalue weighted by Gasteiger charge is 2.30. The molecule has 0 saturated carbocycles. The molecule has 23 heavy (non-hydrogen) atoms. The minimum Gasteiger partial charge on any atom is -0.372 e. The summed E-state index contributed by atoms with van der Waals surface area (Å²) < 4.78 is 12.9. The molecule has 6 heteroatoms. The predicted molar refractivity (Wildman–Crippen MR) is 86.9 cm³/mol. The van der Waals surface area contributed by atoms with Gasteiger partial charge in [0.15, 0.2) is 0 Å². The number of carbonyl (C=O) groups excluding carboxylic acids is 2. The fourth-order valence-electron chi connectivity index (χ4n) is 2.52. The van der Waals surface area contributed by atoms with Gasteiger partial charge in [-0.05, 0) is 43.3 Å². The van der Waals surface area contributed by atoms with Gasteiger partial charge in [-0.25, -0.2) is 4.39 Å². The number of hydrogen-bond acceptors (Lipinski definition) is 3. The maximum atomic E-state index is 12.9. The Labute approximate surface area is 133 Å². The summed E-state index contributed by atoms with van der Waals surface area (Å²) in [6.45, 7) is 1.66. The molecule has 2 aromatic rings. The van der Waals surface area contributed by atoms with Crippen LogP contribution >= 0.6 is 0 Å². The Morgan fingerprint density at radius 2 is 1.91 bits per heavy atom. The molecule has 0 aromatic heterocycles. The Hall–Kier alpha value is -2.89. The van der Waals surface area contributed by atoms with E-state index < -0.39 is 6.04 Å². The third-order valence-corrected chi connectivity index (χ3v) is 3.63. The number of nitrogens with one attached hydrogen (secondary N) is 2. The molecule has 2 amide bonds. The van der Waals surface area contributed by atoms with E-state index in [1.807, 2.05) is 18.2 Å². The van der Waals surface area contributed by atoms with E-state index in [1.165, 1.54) is 29.2 Å². The lowest BCUT2D eigenvalue weighted by Gasteiger charge is -2.33. The summed E-state index contributed by atoms with van der Waals surface area (Å²) in [4.78, 5) is 26.0. The van der Waals surface area contributed by atoms with Gasteiger partial charge < -0.3 is 10.6 Å². The second-order valence-electron chi connectivity index (χ2n) is 5.36. The van der Waals surface area contributed by atoms with Gasteiger partial charge in [0.05, 0.1) is 11.4 Å². The molecule has 1 heterocycles. The first-order valence-electron chi connectivity index (χ1n) is 7.27. The second-order valence-corrected chi connectivity index (χ2v) is 5.36. The van der Waals surface area contributed by atoms with Crippen molar-refractivity contribution in [3.63, 3.8) is 0 Å². The molecule has 2 N–H and O–H groups in total. The van der Waals surface area contributed by atoms with Crippen molar-refractivity contribution < 1.29 is 14.0 Å². The minimum atomic E-state index is -0.400. The van der Waals surface area contributed by atoms with Crippen molar-refractivity contribution >= 4 is 28.9 Å². The van der Waals surface area contributed by atoms with Gasteiger partial charge in [0.25, 0.3) is 0 Å². The zero-order valence-electron chi connectivity index (χ0n) is 12.5. The van der Waals surface area contributed by atoms with Crippen molar-refractivity contribution in [2.75, 3.05) is 22.1 Å². The van der Waals surface area contributed by atoms with Crippen LogP contribution in [0.15, 0.2) is 48.5 Å². The van der Waals surface area contributed by atoms with E-state index >= 15 is 0 Å². The fourth-order valence-corrected chi connectivity index (χ4v) is 2.52. The average molecular weight is 313 g/mol. The fraction of sp³-hybridized carbons (Fsp3) is 0.176. The third kappa shape index (κ3) is 3.15. The molecule has 1 unspecified atom stereocenters. The molecule has 0 fully saturated rings. The number of carbonyl (C=O) groups is 2. The number of fused-ring (bicyclic) bond motifs is 1. The zero-order valence-corrected chi connectivity index (χ0v) is 12.5. The molecule has 1 atom stereocenters. The van der Waals surface area contributed by atoms with Crippen molar-refractivity contribution in [3.05, 3.63) is 54.3 Å². The van der Waals surface area contributed by atoms with Gasteiger partial charge in [0.2, 0.25) is 11.8 Å². The molecule has 0 radical (unpaired) electrons. The quantitative estimate of drug-likeness (QED) is 0.915. The Bertz CT molecular complexity index is 746. The van der Waals surface area contributed by atoms with E-state index in [2.05, 4.69) is 10.6 Å². The predicted octanol–water partition coefficient (Wildman–Crippen LogP) is 2.61. The maximum Gasteiger partial charge on any atom is 0.249 e. The topological polar surface area (TPSA) is 61.4 Å².